The third kappa shape index (κ3) is 6.85. The largest absolute Gasteiger partial charge is 0.487 e. The second-order valence-corrected chi connectivity index (χ2v) is 7.81. The first-order valence-corrected chi connectivity index (χ1v) is 9.16. The Bertz CT molecular complexity index is 155. The Morgan fingerprint density at radius 2 is 1.93 bits per heavy atom. The van der Waals surface area contributed by atoms with Crippen molar-refractivity contribution in [3.05, 3.63) is 0 Å². The van der Waals surface area contributed by atoms with Crippen LogP contribution in [0.4, 0.5) is 0 Å². The minimum atomic E-state index is -0.875. The fourth-order valence-electron chi connectivity index (χ4n) is 2.22. The number of hydrogen-bond acceptors (Lipinski definition) is 1. The fraction of sp³-hybridized carbons (Fsp3) is 1.00. The van der Waals surface area contributed by atoms with Gasteiger partial charge < -0.3 is 3.79 Å². The van der Waals surface area contributed by atoms with E-state index in [0.29, 0.717) is 0 Å². The van der Waals surface area contributed by atoms with Gasteiger partial charge in [0.25, 0.3) is 0 Å². The van der Waals surface area contributed by atoms with Gasteiger partial charge in [0, 0.05) is 0 Å². The van der Waals surface area contributed by atoms with Crippen molar-refractivity contribution in [3.63, 3.8) is 0 Å². The molecule has 88 valence electrons. The molecule has 1 saturated heterocycles. The van der Waals surface area contributed by atoms with E-state index in [9.17, 15) is 0 Å². The highest BCUT2D eigenvalue weighted by Crippen LogP contribution is 2.23. The lowest BCUT2D eigenvalue weighted by Crippen LogP contribution is -2.27. The molecule has 0 aromatic carbocycles. The summed E-state index contributed by atoms with van der Waals surface area (Å²) in [4.78, 5) is 0. The summed E-state index contributed by atoms with van der Waals surface area (Å²) in [5.41, 5.74) is 0.0514. The molecule has 1 aliphatic rings. The summed E-state index contributed by atoms with van der Waals surface area (Å²) in [7, 11) is 0. The van der Waals surface area contributed by atoms with Gasteiger partial charge in [0.1, 0.15) is 5.56 Å². The maximum atomic E-state index is 6.01. The first kappa shape index (κ1) is 13.8. The maximum Gasteiger partial charge on any atom is 0.461 e. The zero-order valence-electron chi connectivity index (χ0n) is 10.0. The van der Waals surface area contributed by atoms with Crippen LogP contribution in [0.3, 0.4) is 0 Å². The zero-order chi connectivity index (χ0) is 10.9. The van der Waals surface area contributed by atoms with Crippen LogP contribution >= 0.6 is 11.6 Å². The van der Waals surface area contributed by atoms with Crippen LogP contribution in [0, 0.1) is 0 Å². The molecule has 1 atom stereocenters. The van der Waals surface area contributed by atoms with E-state index >= 15 is 0 Å². The molecule has 1 nitrogen and oxygen atoms in total. The van der Waals surface area contributed by atoms with Crippen LogP contribution in [0.25, 0.3) is 0 Å². The van der Waals surface area contributed by atoms with Crippen LogP contribution in [0.2, 0.25) is 10.6 Å². The van der Waals surface area contributed by atoms with Crippen LogP contribution in [0.5, 0.6) is 0 Å². The van der Waals surface area contributed by atoms with Crippen molar-refractivity contribution >= 4 is 26.1 Å². The Hall–Kier alpha value is 0.782. The molecule has 0 radical (unpaired) electrons. The summed E-state index contributed by atoms with van der Waals surface area (Å²) in [6.07, 6.45) is 10.7. The summed E-state index contributed by atoms with van der Waals surface area (Å²) in [6, 6.07) is 0. The molecule has 0 spiro atoms. The predicted octanol–water partition coefficient (Wildman–Crippen LogP) is 4.71. The fourth-order valence-corrected chi connectivity index (χ4v) is 5.36. The maximum absolute atomic E-state index is 6.01. The third-order valence-corrected chi connectivity index (χ3v) is 6.49. The molecular formula is C12H24AlClO. The van der Waals surface area contributed by atoms with E-state index in [1.54, 1.807) is 0 Å². The van der Waals surface area contributed by atoms with Gasteiger partial charge in [-0.15, -0.1) is 0 Å². The highest BCUT2D eigenvalue weighted by molar-refractivity contribution is 6.52. The first-order valence-electron chi connectivity index (χ1n) is 6.62. The van der Waals surface area contributed by atoms with E-state index in [2.05, 4.69) is 6.92 Å². The number of halogens is 1. The summed E-state index contributed by atoms with van der Waals surface area (Å²) < 4.78 is 5.82. The molecule has 1 unspecified atom stereocenters. The molecule has 0 aliphatic carbocycles. The molecule has 0 amide bonds. The minimum absolute atomic E-state index is 0.0514. The molecule has 0 aromatic heterocycles. The lowest BCUT2D eigenvalue weighted by Gasteiger charge is -2.23. The van der Waals surface area contributed by atoms with Crippen molar-refractivity contribution in [2.45, 2.75) is 74.4 Å². The van der Waals surface area contributed by atoms with Gasteiger partial charge in [0.2, 0.25) is 0 Å². The molecule has 0 saturated carbocycles. The summed E-state index contributed by atoms with van der Waals surface area (Å²) in [6.45, 7) is 2.27. The quantitative estimate of drug-likeness (QED) is 0.359. The van der Waals surface area contributed by atoms with E-state index in [4.69, 9.17) is 15.4 Å². The molecule has 1 heterocycles. The van der Waals surface area contributed by atoms with Crippen LogP contribution in [0.1, 0.15) is 58.3 Å². The Morgan fingerprint density at radius 1 is 1.20 bits per heavy atom. The van der Waals surface area contributed by atoms with Gasteiger partial charge in [-0.25, -0.2) is 0 Å². The van der Waals surface area contributed by atoms with Crippen molar-refractivity contribution in [3.8, 4) is 0 Å². The van der Waals surface area contributed by atoms with Crippen molar-refractivity contribution < 1.29 is 3.79 Å². The molecule has 3 heteroatoms. The van der Waals surface area contributed by atoms with Crippen LogP contribution < -0.4 is 0 Å². The highest BCUT2D eigenvalue weighted by atomic mass is 35.5. The Kier molecular flexibility index (Phi) is 8.20. The Labute approximate surface area is 104 Å². The molecule has 1 rings (SSSR count). The monoisotopic (exact) mass is 246 g/mol. The third-order valence-electron chi connectivity index (χ3n) is 3.18. The smallest absolute Gasteiger partial charge is 0.461 e. The normalized spacial score (nSPS) is 22.0. The van der Waals surface area contributed by atoms with Gasteiger partial charge in [-0.3, -0.25) is 0 Å². The summed E-state index contributed by atoms with van der Waals surface area (Å²) >= 11 is 5.13. The Morgan fingerprint density at radius 3 is 2.67 bits per heavy atom. The average molecular weight is 247 g/mol. The molecule has 0 N–H and O–H groups in total. The second-order valence-electron chi connectivity index (χ2n) is 4.66. The number of unbranched alkanes of at least 4 members (excludes halogenated alkanes) is 5. The van der Waals surface area contributed by atoms with Gasteiger partial charge in [0.15, 0.2) is 0 Å². The van der Waals surface area contributed by atoms with E-state index in [-0.39, 0.29) is 5.56 Å². The molecule has 0 bridgehead atoms. The molecule has 15 heavy (non-hydrogen) atoms. The van der Waals surface area contributed by atoms with Crippen LogP contribution in [-0.4, -0.2) is 20.0 Å². The number of hydrogen-bond donors (Lipinski definition) is 0. The van der Waals surface area contributed by atoms with Gasteiger partial charge in [-0.1, -0.05) is 74.0 Å². The second kappa shape index (κ2) is 8.88. The lowest BCUT2D eigenvalue weighted by atomic mass is 10.1. The molecular weight excluding hydrogens is 223 g/mol. The molecule has 1 fully saturated rings. The van der Waals surface area contributed by atoms with E-state index in [0.717, 1.165) is 6.42 Å². The van der Waals surface area contributed by atoms with Crippen LogP contribution in [-0.2, 0) is 3.79 Å². The molecule has 0 aromatic rings. The van der Waals surface area contributed by atoms with Crippen LogP contribution in [0.15, 0.2) is 0 Å². The lowest BCUT2D eigenvalue weighted by molar-refractivity contribution is 0.246. The van der Waals surface area contributed by atoms with Gasteiger partial charge in [0.05, 0.1) is 0 Å². The predicted molar refractivity (Wildman–Crippen MR) is 68.7 cm³/mol. The van der Waals surface area contributed by atoms with E-state index in [1.807, 2.05) is 0 Å². The minimum Gasteiger partial charge on any atom is -0.487 e. The van der Waals surface area contributed by atoms with Crippen molar-refractivity contribution in [1.29, 1.82) is 0 Å². The number of alkyl halides is 1. The zero-order valence-corrected chi connectivity index (χ0v) is 11.9. The summed E-state index contributed by atoms with van der Waals surface area (Å²) in [5.74, 6) is 0. The van der Waals surface area contributed by atoms with Gasteiger partial charge in [-0.2, -0.15) is 0 Å². The van der Waals surface area contributed by atoms with Crippen molar-refractivity contribution in [1.82, 2.24) is 0 Å². The van der Waals surface area contributed by atoms with Gasteiger partial charge >= 0.3 is 14.5 Å². The SMILES string of the molecule is CCCCCCC[CH2][Al]1[CH2]CCC(Cl)[O]1. The standard InChI is InChI=1S/C8H17.C4H7ClO.Al/c1-3-5-7-8-6-4-2;1-2-3-4(5)6;/h1,3-8H2,2H3;4H,1-3H2;/q;-1;+1. The van der Waals surface area contributed by atoms with Gasteiger partial charge in [-0.05, 0) is 6.42 Å². The highest BCUT2D eigenvalue weighted by Gasteiger charge is 2.27. The topological polar surface area (TPSA) is 9.23 Å². The Balaban J connectivity index is 1.90. The summed E-state index contributed by atoms with van der Waals surface area (Å²) in [5, 5.41) is 2.72. The van der Waals surface area contributed by atoms with E-state index in [1.165, 1.54) is 55.5 Å². The first-order chi connectivity index (χ1) is 7.33. The number of rotatable bonds is 7. The van der Waals surface area contributed by atoms with Crippen molar-refractivity contribution in [2.24, 2.45) is 0 Å². The molecule has 1 aliphatic heterocycles. The van der Waals surface area contributed by atoms with Crippen molar-refractivity contribution in [2.75, 3.05) is 0 Å². The average Bonchev–Trinajstić information content (AvgIpc) is 2.23. The van der Waals surface area contributed by atoms with E-state index < -0.39 is 14.5 Å².